The topological polar surface area (TPSA) is 86.8 Å². The van der Waals surface area contributed by atoms with Crippen LogP contribution in [-0.4, -0.2) is 44.3 Å². The van der Waals surface area contributed by atoms with Crippen molar-refractivity contribution in [3.8, 4) is 0 Å². The number of halogens is 1. The molecule has 0 saturated carbocycles. The van der Waals surface area contributed by atoms with Gasteiger partial charge in [0.2, 0.25) is 11.8 Å². The van der Waals surface area contributed by atoms with Crippen molar-refractivity contribution in [2.45, 2.75) is 57.0 Å². The first-order valence-corrected chi connectivity index (χ1v) is 16.7. The molecule has 0 aromatic heterocycles. The van der Waals surface area contributed by atoms with Gasteiger partial charge < -0.3 is 10.2 Å². The third-order valence-corrected chi connectivity index (χ3v) is 9.43. The highest BCUT2D eigenvalue weighted by Crippen LogP contribution is 2.26. The maximum Gasteiger partial charge on any atom is 0.264 e. The first-order valence-electron chi connectivity index (χ1n) is 15.3. The highest BCUT2D eigenvalue weighted by Gasteiger charge is 2.34. The number of unbranched alkanes of at least 4 members (excludes halogenated alkanes) is 1. The molecule has 0 bridgehead atoms. The fourth-order valence-corrected chi connectivity index (χ4v) is 6.45. The van der Waals surface area contributed by atoms with Crippen molar-refractivity contribution in [1.29, 1.82) is 0 Å². The number of hydrogen-bond acceptors (Lipinski definition) is 4. The van der Waals surface area contributed by atoms with Crippen molar-refractivity contribution in [2.75, 3.05) is 17.4 Å². The number of aryl methyl sites for hydroxylation is 1. The fourth-order valence-electron chi connectivity index (χ4n) is 5.02. The minimum Gasteiger partial charge on any atom is -0.354 e. The molecule has 236 valence electrons. The van der Waals surface area contributed by atoms with Crippen LogP contribution in [0.3, 0.4) is 0 Å². The van der Waals surface area contributed by atoms with E-state index in [1.54, 1.807) is 48.5 Å². The maximum absolute atomic E-state index is 15.0. The molecule has 1 N–H and O–H groups in total. The van der Waals surface area contributed by atoms with Gasteiger partial charge in [-0.05, 0) is 54.3 Å². The molecule has 0 fully saturated rings. The molecule has 2 amide bonds. The lowest BCUT2D eigenvalue weighted by Gasteiger charge is -2.34. The summed E-state index contributed by atoms with van der Waals surface area (Å²) in [7, 11) is -4.19. The average Bonchev–Trinajstić information content (AvgIpc) is 3.07. The van der Waals surface area contributed by atoms with Gasteiger partial charge in [-0.1, -0.05) is 99.1 Å². The predicted molar refractivity (Wildman–Crippen MR) is 176 cm³/mol. The Labute approximate surface area is 265 Å². The Bertz CT molecular complexity index is 1650. The van der Waals surface area contributed by atoms with Crippen molar-refractivity contribution in [2.24, 2.45) is 0 Å². The minimum atomic E-state index is -4.19. The highest BCUT2D eigenvalue weighted by molar-refractivity contribution is 7.92. The van der Waals surface area contributed by atoms with E-state index in [1.807, 2.05) is 56.3 Å². The molecule has 0 aliphatic carbocycles. The van der Waals surface area contributed by atoms with Gasteiger partial charge in [-0.3, -0.25) is 13.9 Å². The Morgan fingerprint density at radius 3 is 2.04 bits per heavy atom. The molecule has 1 atom stereocenters. The van der Waals surface area contributed by atoms with Crippen LogP contribution in [0.2, 0.25) is 0 Å². The second-order valence-electron chi connectivity index (χ2n) is 10.8. The number of nitrogens with zero attached hydrogens (tertiary/aromatic N) is 2. The molecule has 0 unspecified atom stereocenters. The van der Waals surface area contributed by atoms with Crippen molar-refractivity contribution in [1.82, 2.24) is 10.2 Å². The maximum atomic E-state index is 15.0. The molecule has 4 rings (SSSR count). The van der Waals surface area contributed by atoms with E-state index in [4.69, 9.17) is 0 Å². The van der Waals surface area contributed by atoms with E-state index in [-0.39, 0.29) is 29.3 Å². The van der Waals surface area contributed by atoms with Gasteiger partial charge in [-0.2, -0.15) is 0 Å². The van der Waals surface area contributed by atoms with Gasteiger partial charge in [0.1, 0.15) is 18.4 Å². The number of amides is 2. The highest BCUT2D eigenvalue weighted by atomic mass is 32.2. The molecule has 0 radical (unpaired) electrons. The third kappa shape index (κ3) is 8.79. The molecule has 0 heterocycles. The Balaban J connectivity index is 1.79. The number of carbonyl (C=O) groups is 2. The van der Waals surface area contributed by atoms with Gasteiger partial charge in [0.25, 0.3) is 10.0 Å². The first kappa shape index (κ1) is 33.4. The second kappa shape index (κ2) is 16.0. The number of nitrogens with one attached hydrogen (secondary N) is 1. The van der Waals surface area contributed by atoms with Gasteiger partial charge in [0, 0.05) is 25.1 Å². The van der Waals surface area contributed by atoms with Crippen LogP contribution in [0, 0.1) is 5.82 Å². The molecule has 4 aromatic carbocycles. The van der Waals surface area contributed by atoms with E-state index in [0.717, 1.165) is 34.7 Å². The zero-order chi connectivity index (χ0) is 32.2. The zero-order valence-corrected chi connectivity index (χ0v) is 26.5. The van der Waals surface area contributed by atoms with Crippen LogP contribution in [0.1, 0.15) is 43.4 Å². The summed E-state index contributed by atoms with van der Waals surface area (Å²) < 4.78 is 44.2. The monoisotopic (exact) mass is 629 g/mol. The van der Waals surface area contributed by atoms with Crippen LogP contribution in [0.4, 0.5) is 10.1 Å². The van der Waals surface area contributed by atoms with E-state index in [9.17, 15) is 18.0 Å². The summed E-state index contributed by atoms with van der Waals surface area (Å²) >= 11 is 0. The average molecular weight is 630 g/mol. The van der Waals surface area contributed by atoms with Crippen LogP contribution in [0.5, 0.6) is 0 Å². The van der Waals surface area contributed by atoms with Gasteiger partial charge in [0.05, 0.1) is 10.6 Å². The lowest BCUT2D eigenvalue weighted by atomic mass is 10.0. The second-order valence-corrected chi connectivity index (χ2v) is 12.7. The molecule has 0 saturated heterocycles. The molecule has 7 nitrogen and oxygen atoms in total. The van der Waals surface area contributed by atoms with Crippen LogP contribution in [0.25, 0.3) is 0 Å². The zero-order valence-electron chi connectivity index (χ0n) is 25.7. The third-order valence-electron chi connectivity index (χ3n) is 7.64. The van der Waals surface area contributed by atoms with Crippen molar-refractivity contribution >= 4 is 27.5 Å². The van der Waals surface area contributed by atoms with Crippen molar-refractivity contribution < 1.29 is 22.4 Å². The van der Waals surface area contributed by atoms with E-state index in [1.165, 1.54) is 23.1 Å². The lowest BCUT2D eigenvalue weighted by molar-refractivity contribution is -0.140. The van der Waals surface area contributed by atoms with Crippen LogP contribution < -0.4 is 9.62 Å². The van der Waals surface area contributed by atoms with Gasteiger partial charge in [-0.25, -0.2) is 12.8 Å². The SMILES string of the molecule is CCCCNC(=O)[C@@H](Cc1ccccc1)N(Cc1ccccc1F)C(=O)CN(c1ccc(CC)cc1)S(=O)(=O)c1ccccc1. The molecular formula is C36H40FN3O4S. The lowest BCUT2D eigenvalue weighted by Crippen LogP contribution is -2.53. The Hall–Kier alpha value is -4.50. The van der Waals surface area contributed by atoms with E-state index < -0.39 is 34.3 Å². The quantitative estimate of drug-likeness (QED) is 0.160. The number of rotatable bonds is 15. The van der Waals surface area contributed by atoms with Gasteiger partial charge >= 0.3 is 0 Å². The van der Waals surface area contributed by atoms with E-state index in [2.05, 4.69) is 5.32 Å². The van der Waals surface area contributed by atoms with Crippen LogP contribution in [0.15, 0.2) is 114 Å². The number of benzene rings is 4. The number of hydrogen-bond donors (Lipinski definition) is 1. The molecule has 4 aromatic rings. The summed E-state index contributed by atoms with van der Waals surface area (Å²) in [4.78, 5) is 29.5. The number of sulfonamides is 1. The predicted octanol–water partition coefficient (Wildman–Crippen LogP) is 6.14. The standard InChI is InChI=1S/C36H40FN3O4S/c1-3-5-24-38-36(42)34(25-29-14-8-6-9-15-29)39(26-30-16-12-13-19-33(30)37)35(41)27-40(31-22-20-28(4-2)21-23-31)45(43,44)32-17-10-7-11-18-32/h6-23,34H,3-5,24-27H2,1-2H3,(H,38,42)/t34-/m1/s1. The molecule has 0 aliphatic heterocycles. The van der Waals surface area contributed by atoms with Gasteiger partial charge in [0.15, 0.2) is 0 Å². The normalized spacial score (nSPS) is 11.9. The molecule has 0 aliphatic rings. The van der Waals surface area contributed by atoms with Crippen LogP contribution in [-0.2, 0) is 39.0 Å². The summed E-state index contributed by atoms with van der Waals surface area (Å²) in [6.07, 6.45) is 2.54. The summed E-state index contributed by atoms with van der Waals surface area (Å²) in [5.41, 5.74) is 2.34. The van der Waals surface area contributed by atoms with Crippen molar-refractivity contribution in [3.05, 3.63) is 132 Å². The van der Waals surface area contributed by atoms with Gasteiger partial charge in [-0.15, -0.1) is 0 Å². The minimum absolute atomic E-state index is 0.0242. The van der Waals surface area contributed by atoms with E-state index in [0.29, 0.717) is 12.2 Å². The summed E-state index contributed by atoms with van der Waals surface area (Å²) in [5.74, 6) is -1.55. The smallest absolute Gasteiger partial charge is 0.264 e. The molecule has 9 heteroatoms. The number of carbonyl (C=O) groups excluding carboxylic acids is 2. The summed E-state index contributed by atoms with van der Waals surface area (Å²) in [6, 6.07) is 29.2. The van der Waals surface area contributed by atoms with Crippen molar-refractivity contribution in [3.63, 3.8) is 0 Å². The summed E-state index contributed by atoms with van der Waals surface area (Å²) in [6.45, 7) is 3.61. The largest absolute Gasteiger partial charge is 0.354 e. The fraction of sp³-hybridized carbons (Fsp3) is 0.278. The van der Waals surface area contributed by atoms with Crippen LogP contribution >= 0.6 is 0 Å². The Morgan fingerprint density at radius 1 is 0.800 bits per heavy atom. The molecule has 0 spiro atoms. The van der Waals surface area contributed by atoms with E-state index >= 15 is 4.39 Å². The first-order chi connectivity index (χ1) is 21.7. The summed E-state index contributed by atoms with van der Waals surface area (Å²) in [5, 5.41) is 2.94. The molecular weight excluding hydrogens is 589 g/mol. The Morgan fingerprint density at radius 2 is 1.42 bits per heavy atom. The number of anilines is 1. The Kier molecular flexibility index (Phi) is 11.9. The molecule has 45 heavy (non-hydrogen) atoms.